The van der Waals surface area contributed by atoms with Gasteiger partial charge in [-0.3, -0.25) is 38.9 Å². The number of likely N-dealkylation sites (N-methyl/N-ethyl adjacent to an activating group) is 1. The third kappa shape index (κ3) is 11.1. The highest BCUT2D eigenvalue weighted by Crippen LogP contribution is 2.42. The fourth-order valence-corrected chi connectivity index (χ4v) is 11.2. The van der Waals surface area contributed by atoms with E-state index in [2.05, 4.69) is 77.2 Å². The minimum atomic E-state index is -1.92. The first-order valence-electron chi connectivity index (χ1n) is 25.6. The smallest absolute Gasteiger partial charge is 0.324 e. The summed E-state index contributed by atoms with van der Waals surface area (Å²) < 4.78 is 14.4. The molecule has 4 amide bonds. The Bertz CT molecular complexity index is 2750. The molecule has 1 aliphatic carbocycles. The second kappa shape index (κ2) is 21.9. The van der Waals surface area contributed by atoms with E-state index < -0.39 is 58.7 Å². The molecule has 384 valence electrons. The van der Waals surface area contributed by atoms with E-state index in [1.165, 1.54) is 21.9 Å². The minimum absolute atomic E-state index is 0.00555. The molecule has 8 rings (SSSR count). The molecule has 5 atom stereocenters. The van der Waals surface area contributed by atoms with Crippen molar-refractivity contribution in [3.63, 3.8) is 0 Å². The molecule has 16 heteroatoms. The topological polar surface area (TPSA) is 179 Å². The van der Waals surface area contributed by atoms with Gasteiger partial charge in [0.15, 0.2) is 5.60 Å². The Kier molecular flexibility index (Phi) is 15.9. The number of rotatable bonds is 10. The van der Waals surface area contributed by atoms with Gasteiger partial charge in [-0.2, -0.15) is 0 Å². The molecule has 2 aromatic heterocycles. The number of ether oxygens (including phenoxy) is 2. The van der Waals surface area contributed by atoms with E-state index in [1.54, 1.807) is 13.3 Å². The second-order valence-electron chi connectivity index (χ2n) is 21.3. The number of hydrogen-bond donors (Lipinski definition) is 3. The van der Waals surface area contributed by atoms with Crippen molar-refractivity contribution in [3.05, 3.63) is 77.6 Å². The zero-order valence-corrected chi connectivity index (χ0v) is 43.3. The average molecular weight is 985 g/mol. The van der Waals surface area contributed by atoms with Gasteiger partial charge >= 0.3 is 5.97 Å². The number of amides is 4. The number of carbonyl (C=O) groups excluding carboxylic acids is 5. The van der Waals surface area contributed by atoms with Crippen LogP contribution in [0, 0.1) is 23.2 Å². The number of fused-ring (bicyclic) bond motifs is 6. The number of benzene rings is 2. The van der Waals surface area contributed by atoms with E-state index in [9.17, 15) is 29.1 Å². The Morgan fingerprint density at radius 2 is 1.79 bits per heavy atom. The quantitative estimate of drug-likeness (QED) is 0.139. The summed E-state index contributed by atoms with van der Waals surface area (Å²) in [6.07, 6.45) is 8.25. The molecule has 0 unspecified atom stereocenters. The number of hydrogen-bond acceptors (Lipinski definition) is 11. The fourth-order valence-electron chi connectivity index (χ4n) is 11.2. The van der Waals surface area contributed by atoms with Crippen LogP contribution in [-0.4, -0.2) is 149 Å². The molecule has 3 N–H and O–H groups in total. The number of hydrazine groups is 1. The zero-order chi connectivity index (χ0) is 51.5. The van der Waals surface area contributed by atoms with Crippen LogP contribution in [0.15, 0.2) is 60.9 Å². The first-order chi connectivity index (χ1) is 34.4. The van der Waals surface area contributed by atoms with Crippen LogP contribution >= 0.6 is 0 Å². The van der Waals surface area contributed by atoms with Gasteiger partial charge in [0, 0.05) is 80.9 Å². The monoisotopic (exact) mass is 985 g/mol. The third-order valence-electron chi connectivity index (χ3n) is 15.1. The standard InChI is InChI=1S/C56H72N8O8/c1-9-63-47-22-21-40-31-42(47)43(50(63)44-33-57-25-23-41(44)36(2)71-8)32-55(3,4)35-72-53(68)45-19-13-27-64(59-45)52(67)46(30-37-15-12-18-39(40)29-37)58-51(66)49(38-16-10-11-17-38)61(7)54(69)56(70)24-28-62(34-56)48(65)20-14-26-60(5)6/h12,15,18,21-23,25,29,31,33,36,38,45-46,49,59,70H,9-11,13,16-17,19,24,26-28,30,32,34-35H2,1-8H3,(H,58,66)/t36-,45-,46-,49-,56+/m0/s1. The van der Waals surface area contributed by atoms with Crippen molar-refractivity contribution in [2.45, 2.75) is 122 Å². The summed E-state index contributed by atoms with van der Waals surface area (Å²) in [5, 5.41) is 17.4. The molecular weight excluding hydrogens is 913 g/mol. The lowest BCUT2D eigenvalue weighted by molar-refractivity contribution is -0.157. The Morgan fingerprint density at radius 1 is 1.03 bits per heavy atom. The van der Waals surface area contributed by atoms with Crippen LogP contribution in [0.4, 0.5) is 0 Å². The number of aryl methyl sites for hydroxylation is 1. The van der Waals surface area contributed by atoms with Crippen LogP contribution in [0.5, 0.6) is 0 Å². The summed E-state index contributed by atoms with van der Waals surface area (Å²) in [5.74, 6) is 2.65. The largest absolute Gasteiger partial charge is 0.464 e. The lowest BCUT2D eigenvalue weighted by Gasteiger charge is -2.38. The molecule has 2 saturated heterocycles. The van der Waals surface area contributed by atoms with Gasteiger partial charge in [-0.05, 0) is 118 Å². The van der Waals surface area contributed by atoms with Crippen molar-refractivity contribution < 1.29 is 38.6 Å². The van der Waals surface area contributed by atoms with E-state index >= 15 is 0 Å². The highest BCUT2D eigenvalue weighted by atomic mass is 16.5. The van der Waals surface area contributed by atoms with E-state index in [-0.39, 0.29) is 44.6 Å². The molecule has 16 nitrogen and oxygen atoms in total. The number of esters is 1. The average Bonchev–Trinajstić information content (AvgIpc) is 4.13. The van der Waals surface area contributed by atoms with E-state index in [1.807, 2.05) is 56.4 Å². The summed E-state index contributed by atoms with van der Waals surface area (Å²) in [6.45, 7) is 9.75. The van der Waals surface area contributed by atoms with Gasteiger partial charge in [0.05, 0.1) is 31.5 Å². The Hall–Kier alpha value is -6.12. The van der Waals surface area contributed by atoms with Gasteiger partial charge in [-0.15, -0.1) is 0 Å². The predicted molar refractivity (Wildman–Crippen MR) is 275 cm³/mol. The van der Waals surface area contributed by atoms with Gasteiger partial charge in [-0.25, -0.2) is 5.43 Å². The molecule has 4 aliphatic rings. The molecule has 1 saturated carbocycles. The molecule has 3 aliphatic heterocycles. The van der Waals surface area contributed by atoms with Gasteiger partial charge in [0.1, 0.15) is 18.1 Å². The molecule has 4 aromatic rings. The van der Waals surface area contributed by atoms with Gasteiger partial charge in [0.2, 0.25) is 5.91 Å². The number of cyclic esters (lactones) is 1. The number of carbonyl (C=O) groups is 5. The Labute approximate surface area is 423 Å². The number of nitrogens with one attached hydrogen (secondary N) is 2. The SMILES string of the molecule is CCn1c(-c2cnccc2[C@H](C)OC)c2c3cc(ccc31)-c1cccc(c1)C[C@H](NC(=O)[C@H](C1CCCC1)N(C)C(=O)[C@@]1(O)CCN(C(=O)C#CCN(C)C)C1)C(=O)N1CCC[C@H](N1)C(=O)OCC(C)(C)C2. The maximum absolute atomic E-state index is 15.0. The van der Waals surface area contributed by atoms with E-state index in [4.69, 9.17) is 9.47 Å². The van der Waals surface area contributed by atoms with Crippen molar-refractivity contribution in [1.29, 1.82) is 0 Å². The lowest BCUT2D eigenvalue weighted by atomic mass is 9.84. The van der Waals surface area contributed by atoms with Crippen LogP contribution in [0.2, 0.25) is 0 Å². The highest BCUT2D eigenvalue weighted by Gasteiger charge is 2.49. The van der Waals surface area contributed by atoms with Gasteiger partial charge in [0.25, 0.3) is 17.7 Å². The molecule has 72 heavy (non-hydrogen) atoms. The third-order valence-corrected chi connectivity index (χ3v) is 15.1. The van der Waals surface area contributed by atoms with Crippen molar-refractivity contribution in [2.75, 3.05) is 61.0 Å². The molecule has 6 bridgehead atoms. The second-order valence-corrected chi connectivity index (χ2v) is 21.3. The zero-order valence-electron chi connectivity index (χ0n) is 43.3. The summed E-state index contributed by atoms with van der Waals surface area (Å²) >= 11 is 0. The Morgan fingerprint density at radius 3 is 2.53 bits per heavy atom. The number of likely N-dealkylation sites (tertiary alicyclic amines) is 1. The summed E-state index contributed by atoms with van der Waals surface area (Å²) in [4.78, 5) is 80.5. The number of methoxy groups -OCH3 is 1. The van der Waals surface area contributed by atoms with Crippen LogP contribution in [0.25, 0.3) is 33.3 Å². The highest BCUT2D eigenvalue weighted by molar-refractivity contribution is 5.98. The van der Waals surface area contributed by atoms with Crippen molar-refractivity contribution in [3.8, 4) is 34.2 Å². The first kappa shape index (κ1) is 52.2. The lowest BCUT2D eigenvalue weighted by Crippen LogP contribution is -2.63. The molecule has 0 spiro atoms. The minimum Gasteiger partial charge on any atom is -0.464 e. The summed E-state index contributed by atoms with van der Waals surface area (Å²) in [7, 11) is 6.92. The predicted octanol–water partition coefficient (Wildman–Crippen LogP) is 5.29. The number of β-amino-alcohol motifs (C(OH)–C–C–N with tert-alkyl or cyclic N) is 1. The van der Waals surface area contributed by atoms with Crippen molar-refractivity contribution in [2.24, 2.45) is 11.3 Å². The maximum Gasteiger partial charge on any atom is 0.324 e. The summed E-state index contributed by atoms with van der Waals surface area (Å²) in [6, 6.07) is 13.6. The van der Waals surface area contributed by atoms with Crippen LogP contribution in [0.1, 0.15) is 95.4 Å². The molecule has 0 radical (unpaired) electrons. The first-order valence-corrected chi connectivity index (χ1v) is 25.6. The molecule has 5 heterocycles. The number of nitrogens with zero attached hydrogens (tertiary/aromatic N) is 6. The fraction of sp³-hybridized carbons (Fsp3) is 0.536. The van der Waals surface area contributed by atoms with Crippen molar-refractivity contribution >= 4 is 40.5 Å². The number of aliphatic hydroxyl groups is 1. The Balaban J connectivity index is 1.16. The normalized spacial score (nSPS) is 22.5. The molecular formula is C56H72N8O8. The van der Waals surface area contributed by atoms with Crippen LogP contribution in [-0.2, 0) is 52.8 Å². The van der Waals surface area contributed by atoms with Gasteiger partial charge < -0.3 is 34.3 Å². The number of pyridine rings is 1. The van der Waals surface area contributed by atoms with E-state index in [0.717, 1.165) is 62.8 Å². The maximum atomic E-state index is 15.0. The van der Waals surface area contributed by atoms with Crippen LogP contribution < -0.4 is 10.7 Å². The number of aromatic nitrogens is 2. The van der Waals surface area contributed by atoms with Gasteiger partial charge in [-0.1, -0.05) is 62.9 Å². The van der Waals surface area contributed by atoms with Crippen molar-refractivity contribution in [1.82, 2.24) is 40.0 Å². The molecule has 2 aromatic carbocycles. The van der Waals surface area contributed by atoms with Crippen LogP contribution in [0.3, 0.4) is 0 Å². The van der Waals surface area contributed by atoms with E-state index in [0.29, 0.717) is 51.7 Å². The summed E-state index contributed by atoms with van der Waals surface area (Å²) in [5.41, 5.74) is 8.61. The molecule has 3 fully saturated rings.